The lowest BCUT2D eigenvalue weighted by molar-refractivity contribution is -0.147. The molecule has 0 N–H and O–H groups in total. The first-order chi connectivity index (χ1) is 11.2. The van der Waals surface area contributed by atoms with Gasteiger partial charge in [0.2, 0.25) is 0 Å². The highest BCUT2D eigenvalue weighted by Gasteiger charge is 2.36. The van der Waals surface area contributed by atoms with E-state index in [4.69, 9.17) is 4.74 Å². The molecular weight excluding hydrogens is 284 g/mol. The second-order valence-electron chi connectivity index (χ2n) is 6.56. The van der Waals surface area contributed by atoms with Crippen LogP contribution < -0.4 is 4.74 Å². The number of hydrogen-bond acceptors (Lipinski definition) is 2. The van der Waals surface area contributed by atoms with Crippen molar-refractivity contribution >= 4 is 5.97 Å². The van der Waals surface area contributed by atoms with Crippen molar-refractivity contribution in [1.29, 1.82) is 0 Å². The lowest BCUT2D eigenvalue weighted by atomic mass is 9.77. The summed E-state index contributed by atoms with van der Waals surface area (Å²) in [6.07, 6.45) is 11.6. The van der Waals surface area contributed by atoms with Crippen LogP contribution in [-0.4, -0.2) is 5.97 Å². The first-order valence-electron chi connectivity index (χ1n) is 9.46. The summed E-state index contributed by atoms with van der Waals surface area (Å²) in [6, 6.07) is 9.43. The molecule has 1 aromatic rings. The third-order valence-corrected chi connectivity index (χ3v) is 5.00. The summed E-state index contributed by atoms with van der Waals surface area (Å²) in [7, 11) is 0. The van der Waals surface area contributed by atoms with E-state index >= 15 is 0 Å². The fraction of sp³-hybridized carbons (Fsp3) is 0.667. The fourth-order valence-corrected chi connectivity index (χ4v) is 3.12. The Labute approximate surface area is 142 Å². The summed E-state index contributed by atoms with van der Waals surface area (Å²) in [6.45, 7) is 6.46. The average molecular weight is 319 g/mol. The first-order valence-corrected chi connectivity index (χ1v) is 9.46. The van der Waals surface area contributed by atoms with Gasteiger partial charge in [0, 0.05) is 0 Å². The zero-order chi connectivity index (χ0) is 17.0. The molecule has 0 fully saturated rings. The molecule has 0 saturated carbocycles. The molecular formula is C21H34O2. The monoisotopic (exact) mass is 318 g/mol. The molecule has 0 aliphatic heterocycles. The van der Waals surface area contributed by atoms with Crippen molar-refractivity contribution in [2.24, 2.45) is 5.41 Å². The highest BCUT2D eigenvalue weighted by Crippen LogP contribution is 2.35. The molecule has 0 atom stereocenters. The number of unbranched alkanes of at least 4 members (excludes halogenated alkanes) is 6. The molecule has 0 heterocycles. The molecule has 0 saturated heterocycles. The minimum atomic E-state index is -0.320. The highest BCUT2D eigenvalue weighted by atomic mass is 16.5. The van der Waals surface area contributed by atoms with Gasteiger partial charge in [-0.3, -0.25) is 4.79 Å². The summed E-state index contributed by atoms with van der Waals surface area (Å²) in [5.41, 5.74) is -0.320. The number of para-hydroxylation sites is 1. The third-order valence-electron chi connectivity index (χ3n) is 5.00. The molecule has 0 bridgehead atoms. The smallest absolute Gasteiger partial charge is 0.317 e. The van der Waals surface area contributed by atoms with Crippen molar-refractivity contribution < 1.29 is 9.53 Å². The van der Waals surface area contributed by atoms with E-state index in [2.05, 4.69) is 20.8 Å². The van der Waals surface area contributed by atoms with Gasteiger partial charge in [0.1, 0.15) is 5.75 Å². The van der Waals surface area contributed by atoms with Crippen LogP contribution in [0.5, 0.6) is 5.75 Å². The van der Waals surface area contributed by atoms with Crippen LogP contribution in [0.15, 0.2) is 30.3 Å². The van der Waals surface area contributed by atoms with E-state index in [9.17, 15) is 4.79 Å². The van der Waals surface area contributed by atoms with E-state index in [0.717, 1.165) is 25.7 Å². The second-order valence-corrected chi connectivity index (χ2v) is 6.56. The van der Waals surface area contributed by atoms with Gasteiger partial charge in [-0.25, -0.2) is 0 Å². The van der Waals surface area contributed by atoms with Gasteiger partial charge in [0.25, 0.3) is 0 Å². The van der Waals surface area contributed by atoms with Crippen LogP contribution in [-0.2, 0) is 4.79 Å². The van der Waals surface area contributed by atoms with Gasteiger partial charge >= 0.3 is 5.97 Å². The molecule has 1 rings (SSSR count). The number of carbonyl (C=O) groups is 1. The lowest BCUT2D eigenvalue weighted by Crippen LogP contribution is -2.34. The van der Waals surface area contributed by atoms with E-state index in [1.165, 1.54) is 38.5 Å². The van der Waals surface area contributed by atoms with Crippen LogP contribution in [0.2, 0.25) is 0 Å². The Balaban J connectivity index is 2.45. The Morgan fingerprint density at radius 2 is 1.43 bits per heavy atom. The van der Waals surface area contributed by atoms with Crippen molar-refractivity contribution in [2.45, 2.75) is 85.0 Å². The normalized spacial score (nSPS) is 11.4. The summed E-state index contributed by atoms with van der Waals surface area (Å²) in [5, 5.41) is 0. The average Bonchev–Trinajstić information content (AvgIpc) is 2.59. The molecule has 0 aromatic heterocycles. The van der Waals surface area contributed by atoms with E-state index in [1.54, 1.807) is 0 Å². The van der Waals surface area contributed by atoms with E-state index in [1.807, 2.05) is 30.3 Å². The number of ether oxygens (including phenoxy) is 1. The Morgan fingerprint density at radius 1 is 0.870 bits per heavy atom. The highest BCUT2D eigenvalue weighted by molar-refractivity contribution is 5.79. The maximum absolute atomic E-state index is 12.7. The first kappa shape index (κ1) is 19.7. The molecule has 0 spiro atoms. The molecule has 0 amide bonds. The van der Waals surface area contributed by atoms with Crippen LogP contribution in [0.1, 0.15) is 85.0 Å². The van der Waals surface area contributed by atoms with E-state index in [0.29, 0.717) is 5.75 Å². The standard InChI is InChI=1S/C21H34O2/c1-4-7-8-9-10-11-15-18-21(5-2,6-3)20(22)23-19-16-13-12-14-17-19/h12-14,16-17H,4-11,15,18H2,1-3H3. The molecule has 0 aliphatic carbocycles. The fourth-order valence-electron chi connectivity index (χ4n) is 3.12. The van der Waals surface area contributed by atoms with Gasteiger partial charge in [-0.2, -0.15) is 0 Å². The van der Waals surface area contributed by atoms with Crippen molar-refractivity contribution in [3.05, 3.63) is 30.3 Å². The molecule has 2 nitrogen and oxygen atoms in total. The van der Waals surface area contributed by atoms with Crippen molar-refractivity contribution in [1.82, 2.24) is 0 Å². The molecule has 0 unspecified atom stereocenters. The van der Waals surface area contributed by atoms with Crippen LogP contribution in [0, 0.1) is 5.41 Å². The molecule has 130 valence electrons. The lowest BCUT2D eigenvalue weighted by Gasteiger charge is -2.29. The maximum Gasteiger partial charge on any atom is 0.317 e. The van der Waals surface area contributed by atoms with Gasteiger partial charge in [-0.1, -0.05) is 83.9 Å². The zero-order valence-electron chi connectivity index (χ0n) is 15.3. The molecule has 0 aliphatic rings. The number of carbonyl (C=O) groups excluding carboxylic acids is 1. The second kappa shape index (κ2) is 11.3. The van der Waals surface area contributed by atoms with E-state index in [-0.39, 0.29) is 11.4 Å². The molecule has 0 radical (unpaired) electrons. The third kappa shape index (κ3) is 6.76. The summed E-state index contributed by atoms with van der Waals surface area (Å²) in [4.78, 5) is 12.7. The zero-order valence-corrected chi connectivity index (χ0v) is 15.3. The van der Waals surface area contributed by atoms with Gasteiger partial charge in [-0.15, -0.1) is 0 Å². The molecule has 23 heavy (non-hydrogen) atoms. The Morgan fingerprint density at radius 3 is 2.00 bits per heavy atom. The maximum atomic E-state index is 12.7. The van der Waals surface area contributed by atoms with Gasteiger partial charge < -0.3 is 4.74 Å². The Hall–Kier alpha value is -1.31. The van der Waals surface area contributed by atoms with Crippen LogP contribution >= 0.6 is 0 Å². The summed E-state index contributed by atoms with van der Waals surface area (Å²) >= 11 is 0. The minimum Gasteiger partial charge on any atom is -0.426 e. The minimum absolute atomic E-state index is 0.0558. The predicted molar refractivity (Wildman–Crippen MR) is 97.7 cm³/mol. The van der Waals surface area contributed by atoms with Crippen molar-refractivity contribution in [3.8, 4) is 5.75 Å². The number of esters is 1. The largest absolute Gasteiger partial charge is 0.426 e. The Kier molecular flexibility index (Phi) is 9.66. The van der Waals surface area contributed by atoms with Gasteiger partial charge in [0.05, 0.1) is 5.41 Å². The van der Waals surface area contributed by atoms with Crippen molar-refractivity contribution in [3.63, 3.8) is 0 Å². The number of rotatable bonds is 12. The van der Waals surface area contributed by atoms with E-state index < -0.39 is 0 Å². The molecule has 2 heteroatoms. The topological polar surface area (TPSA) is 26.3 Å². The van der Waals surface area contributed by atoms with Crippen LogP contribution in [0.25, 0.3) is 0 Å². The number of hydrogen-bond donors (Lipinski definition) is 0. The number of benzene rings is 1. The van der Waals surface area contributed by atoms with Gasteiger partial charge in [0.15, 0.2) is 0 Å². The van der Waals surface area contributed by atoms with Crippen LogP contribution in [0.3, 0.4) is 0 Å². The van der Waals surface area contributed by atoms with Crippen LogP contribution in [0.4, 0.5) is 0 Å². The molecule has 1 aromatic carbocycles. The summed E-state index contributed by atoms with van der Waals surface area (Å²) < 4.78 is 5.63. The predicted octanol–water partition coefficient (Wildman–Crippen LogP) is 6.54. The SMILES string of the molecule is CCCCCCCCCC(CC)(CC)C(=O)Oc1ccccc1. The summed E-state index contributed by atoms with van der Waals surface area (Å²) in [5.74, 6) is 0.600. The quantitative estimate of drug-likeness (QED) is 0.248. The Bertz CT molecular complexity index is 421. The van der Waals surface area contributed by atoms with Gasteiger partial charge in [-0.05, 0) is 31.4 Å². The van der Waals surface area contributed by atoms with Crippen molar-refractivity contribution in [2.75, 3.05) is 0 Å².